The molecule has 0 unspecified atom stereocenters. The summed E-state index contributed by atoms with van der Waals surface area (Å²) in [6, 6.07) is 5.59. The second-order valence-corrected chi connectivity index (χ2v) is 6.88. The van der Waals surface area contributed by atoms with E-state index in [-0.39, 0.29) is 6.09 Å². The van der Waals surface area contributed by atoms with E-state index < -0.39 is 5.60 Å². The number of benzene rings is 1. The van der Waals surface area contributed by atoms with Gasteiger partial charge in [0.25, 0.3) is 0 Å². The molecule has 1 amide bonds. The Hall–Kier alpha value is -2.64. The van der Waals surface area contributed by atoms with Gasteiger partial charge in [0.15, 0.2) is 17.5 Å². The minimum absolute atomic E-state index is 0.310. The predicted molar refractivity (Wildman–Crippen MR) is 106 cm³/mol. The Kier molecular flexibility index (Phi) is 8.71. The SMILES string of the molecule is CCN(CCNC(N)=NCc1ccc(OC)c(OC)c1)C(=O)OC(C)(C)C. The summed E-state index contributed by atoms with van der Waals surface area (Å²) >= 11 is 0. The topological polar surface area (TPSA) is 98.4 Å². The third-order valence-electron chi connectivity index (χ3n) is 3.60. The van der Waals surface area contributed by atoms with Gasteiger partial charge in [-0.05, 0) is 45.4 Å². The fourth-order valence-electron chi connectivity index (χ4n) is 2.24. The highest BCUT2D eigenvalue weighted by Gasteiger charge is 2.20. The molecule has 152 valence electrons. The molecule has 0 aliphatic heterocycles. The number of aliphatic imine (C=N–C) groups is 1. The smallest absolute Gasteiger partial charge is 0.410 e. The largest absolute Gasteiger partial charge is 0.493 e. The zero-order valence-corrected chi connectivity index (χ0v) is 17.2. The van der Waals surface area contributed by atoms with Gasteiger partial charge in [-0.25, -0.2) is 9.79 Å². The normalized spacial score (nSPS) is 11.7. The highest BCUT2D eigenvalue weighted by Crippen LogP contribution is 2.27. The first kappa shape index (κ1) is 22.4. The quantitative estimate of drug-likeness (QED) is 0.531. The molecule has 0 aliphatic rings. The van der Waals surface area contributed by atoms with E-state index >= 15 is 0 Å². The van der Waals surface area contributed by atoms with Crippen molar-refractivity contribution >= 4 is 12.1 Å². The molecule has 0 aromatic heterocycles. The van der Waals surface area contributed by atoms with Gasteiger partial charge >= 0.3 is 6.09 Å². The summed E-state index contributed by atoms with van der Waals surface area (Å²) in [7, 11) is 3.18. The molecule has 1 aromatic carbocycles. The summed E-state index contributed by atoms with van der Waals surface area (Å²) < 4.78 is 15.9. The molecule has 0 heterocycles. The van der Waals surface area contributed by atoms with Gasteiger partial charge in [0.1, 0.15) is 5.60 Å². The molecule has 0 fully saturated rings. The number of rotatable bonds is 8. The van der Waals surface area contributed by atoms with Crippen LogP contribution in [0.1, 0.15) is 33.3 Å². The average molecular weight is 380 g/mol. The number of ether oxygens (including phenoxy) is 3. The van der Waals surface area contributed by atoms with Gasteiger partial charge in [-0.2, -0.15) is 0 Å². The van der Waals surface area contributed by atoms with Crippen molar-refractivity contribution in [1.29, 1.82) is 0 Å². The van der Waals surface area contributed by atoms with E-state index in [1.807, 2.05) is 45.9 Å². The van der Waals surface area contributed by atoms with Gasteiger partial charge in [-0.1, -0.05) is 6.07 Å². The van der Waals surface area contributed by atoms with Crippen LogP contribution in [-0.4, -0.2) is 56.4 Å². The number of amides is 1. The number of methoxy groups -OCH3 is 2. The van der Waals surface area contributed by atoms with Crippen LogP contribution >= 0.6 is 0 Å². The maximum atomic E-state index is 12.1. The lowest BCUT2D eigenvalue weighted by molar-refractivity contribution is 0.0264. The lowest BCUT2D eigenvalue weighted by atomic mass is 10.2. The molecule has 27 heavy (non-hydrogen) atoms. The molecular weight excluding hydrogens is 348 g/mol. The minimum Gasteiger partial charge on any atom is -0.493 e. The predicted octanol–water partition coefficient (Wildman–Crippen LogP) is 2.37. The van der Waals surface area contributed by atoms with Crippen molar-refractivity contribution in [2.45, 2.75) is 39.8 Å². The van der Waals surface area contributed by atoms with Gasteiger partial charge in [0.05, 0.1) is 20.8 Å². The Morgan fingerprint density at radius 3 is 2.44 bits per heavy atom. The molecular formula is C19H32N4O4. The number of nitrogens with zero attached hydrogens (tertiary/aromatic N) is 2. The highest BCUT2D eigenvalue weighted by molar-refractivity contribution is 5.77. The van der Waals surface area contributed by atoms with Crippen LogP contribution in [0.25, 0.3) is 0 Å². The number of nitrogens with two attached hydrogens (primary N) is 1. The summed E-state index contributed by atoms with van der Waals surface area (Å²) in [6.45, 7) is 9.34. The first-order valence-corrected chi connectivity index (χ1v) is 8.92. The van der Waals surface area contributed by atoms with E-state index in [2.05, 4.69) is 10.3 Å². The van der Waals surface area contributed by atoms with Crippen LogP contribution in [0.5, 0.6) is 11.5 Å². The Balaban J connectivity index is 2.51. The molecule has 0 saturated heterocycles. The molecule has 3 N–H and O–H groups in total. The number of hydrogen-bond acceptors (Lipinski definition) is 5. The van der Waals surface area contributed by atoms with Gasteiger partial charge < -0.3 is 30.2 Å². The lowest BCUT2D eigenvalue weighted by Crippen LogP contribution is -2.42. The molecule has 0 atom stereocenters. The zero-order valence-electron chi connectivity index (χ0n) is 17.2. The van der Waals surface area contributed by atoms with Crippen molar-refractivity contribution in [2.75, 3.05) is 33.9 Å². The summed E-state index contributed by atoms with van der Waals surface area (Å²) in [6.07, 6.45) is -0.340. The van der Waals surface area contributed by atoms with Crippen molar-refractivity contribution in [2.24, 2.45) is 10.7 Å². The number of nitrogens with one attached hydrogen (secondary N) is 1. The number of likely N-dealkylation sites (N-methyl/N-ethyl adjacent to an activating group) is 1. The first-order chi connectivity index (χ1) is 12.7. The molecule has 8 heteroatoms. The molecule has 0 saturated carbocycles. The van der Waals surface area contributed by atoms with Crippen LogP contribution in [0.4, 0.5) is 4.79 Å². The van der Waals surface area contributed by atoms with Crippen molar-refractivity contribution in [1.82, 2.24) is 10.2 Å². The van der Waals surface area contributed by atoms with Crippen LogP contribution in [0, 0.1) is 0 Å². The van der Waals surface area contributed by atoms with Crippen LogP contribution in [0.2, 0.25) is 0 Å². The Labute approximate surface area is 161 Å². The van der Waals surface area contributed by atoms with E-state index in [9.17, 15) is 4.79 Å². The number of carbonyl (C=O) groups is 1. The third kappa shape index (κ3) is 8.06. The van der Waals surface area contributed by atoms with E-state index in [1.165, 1.54) is 0 Å². The standard InChI is InChI=1S/C19H32N4O4/c1-7-23(18(24)27-19(2,3)4)11-10-21-17(20)22-13-14-8-9-15(25-5)16(12-14)26-6/h8-9,12H,7,10-11,13H2,1-6H3,(H3,20,21,22). The molecule has 0 radical (unpaired) electrons. The van der Waals surface area contributed by atoms with Crippen molar-refractivity contribution < 1.29 is 19.0 Å². The molecule has 0 spiro atoms. The maximum Gasteiger partial charge on any atom is 0.410 e. The molecule has 1 rings (SSSR count). The Morgan fingerprint density at radius 2 is 1.89 bits per heavy atom. The van der Waals surface area contributed by atoms with Crippen LogP contribution in [0.15, 0.2) is 23.2 Å². The highest BCUT2D eigenvalue weighted by atomic mass is 16.6. The maximum absolute atomic E-state index is 12.1. The van der Waals surface area contributed by atoms with Gasteiger partial charge in [-0.3, -0.25) is 0 Å². The monoisotopic (exact) mass is 380 g/mol. The zero-order chi connectivity index (χ0) is 20.4. The van der Waals surface area contributed by atoms with E-state index in [4.69, 9.17) is 19.9 Å². The summed E-state index contributed by atoms with van der Waals surface area (Å²) in [5, 5.41) is 3.01. The molecule has 0 bridgehead atoms. The molecule has 0 aliphatic carbocycles. The van der Waals surface area contributed by atoms with E-state index in [1.54, 1.807) is 19.1 Å². The average Bonchev–Trinajstić information content (AvgIpc) is 2.61. The van der Waals surface area contributed by atoms with Gasteiger partial charge in [0.2, 0.25) is 0 Å². The summed E-state index contributed by atoms with van der Waals surface area (Å²) in [5.41, 5.74) is 6.33. The Morgan fingerprint density at radius 1 is 1.22 bits per heavy atom. The summed E-state index contributed by atoms with van der Waals surface area (Å²) in [4.78, 5) is 18.0. The number of guanidine groups is 1. The molecule has 8 nitrogen and oxygen atoms in total. The van der Waals surface area contributed by atoms with Gasteiger partial charge in [-0.15, -0.1) is 0 Å². The number of hydrogen-bond donors (Lipinski definition) is 2. The van der Waals surface area contributed by atoms with Crippen molar-refractivity contribution in [3.8, 4) is 11.5 Å². The lowest BCUT2D eigenvalue weighted by Gasteiger charge is -2.26. The van der Waals surface area contributed by atoms with E-state index in [0.717, 1.165) is 5.56 Å². The fourth-order valence-corrected chi connectivity index (χ4v) is 2.24. The van der Waals surface area contributed by atoms with Crippen LogP contribution < -0.4 is 20.5 Å². The van der Waals surface area contributed by atoms with Gasteiger partial charge in [0, 0.05) is 19.6 Å². The first-order valence-electron chi connectivity index (χ1n) is 8.92. The summed E-state index contributed by atoms with van der Waals surface area (Å²) in [5.74, 6) is 1.62. The second kappa shape index (κ2) is 10.5. The second-order valence-electron chi connectivity index (χ2n) is 6.88. The Bertz CT molecular complexity index is 641. The van der Waals surface area contributed by atoms with Crippen molar-refractivity contribution in [3.05, 3.63) is 23.8 Å². The van der Waals surface area contributed by atoms with Crippen LogP contribution in [0.3, 0.4) is 0 Å². The van der Waals surface area contributed by atoms with Crippen LogP contribution in [-0.2, 0) is 11.3 Å². The number of carbonyl (C=O) groups excluding carboxylic acids is 1. The minimum atomic E-state index is -0.516. The molecule has 1 aromatic rings. The third-order valence-corrected chi connectivity index (χ3v) is 3.60. The van der Waals surface area contributed by atoms with E-state index in [0.29, 0.717) is 43.6 Å². The van der Waals surface area contributed by atoms with Crippen molar-refractivity contribution in [3.63, 3.8) is 0 Å². The fraction of sp³-hybridized carbons (Fsp3) is 0.579.